The number of amides is 2. The Morgan fingerprint density at radius 1 is 1.04 bits per heavy atom. The second kappa shape index (κ2) is 14.8. The molecule has 2 amide bonds. The molecule has 0 saturated carbocycles. The lowest BCUT2D eigenvalue weighted by molar-refractivity contribution is 0.0720. The van der Waals surface area contributed by atoms with Crippen LogP contribution in [0, 0.1) is 17.2 Å². The molecule has 3 aromatic rings. The van der Waals surface area contributed by atoms with Crippen LogP contribution in [0.15, 0.2) is 48.5 Å². The number of carbonyl (C=O) groups is 2. The van der Waals surface area contributed by atoms with Crippen molar-refractivity contribution in [3.05, 3.63) is 70.6 Å². The minimum absolute atomic E-state index is 0. The van der Waals surface area contributed by atoms with Crippen molar-refractivity contribution >= 4 is 70.0 Å². The summed E-state index contributed by atoms with van der Waals surface area (Å²) in [5.74, 6) is 0.691. The maximum Gasteiger partial charge on any atom is 0.411 e. The molecule has 0 aliphatic carbocycles. The highest BCUT2D eigenvalue weighted by Crippen LogP contribution is 2.43. The van der Waals surface area contributed by atoms with Gasteiger partial charge in [0.2, 0.25) is 10.0 Å². The van der Waals surface area contributed by atoms with Crippen LogP contribution in [-0.2, 0) is 14.8 Å². The summed E-state index contributed by atoms with van der Waals surface area (Å²) < 4.78 is 30.2. The average Bonchev–Trinajstić information content (AvgIpc) is 3.61. The van der Waals surface area contributed by atoms with E-state index in [4.69, 9.17) is 27.7 Å². The summed E-state index contributed by atoms with van der Waals surface area (Å²) in [6.07, 6.45) is 2.74. The maximum atomic E-state index is 13.9. The molecule has 2 fully saturated rings. The zero-order valence-corrected chi connectivity index (χ0v) is 27.9. The molecule has 2 saturated heterocycles. The summed E-state index contributed by atoms with van der Waals surface area (Å²) in [6.45, 7) is 1.41. The number of piperidine rings is 1. The molecule has 5 rings (SSSR count). The zero-order chi connectivity index (χ0) is 30.9. The average molecular weight is 701 g/mol. The fourth-order valence-corrected chi connectivity index (χ4v) is 7.05. The number of sulfonamides is 1. The van der Waals surface area contributed by atoms with Crippen LogP contribution in [0.3, 0.4) is 0 Å². The predicted octanol–water partition coefficient (Wildman–Crippen LogP) is 4.91. The Bertz CT molecular complexity index is 1630. The van der Waals surface area contributed by atoms with Gasteiger partial charge in [0.05, 0.1) is 19.4 Å². The van der Waals surface area contributed by atoms with E-state index in [0.717, 1.165) is 18.4 Å². The van der Waals surface area contributed by atoms with Gasteiger partial charge in [-0.2, -0.15) is 0 Å². The molecule has 2 atom stereocenters. The third-order valence-corrected chi connectivity index (χ3v) is 9.83. The van der Waals surface area contributed by atoms with Gasteiger partial charge in [-0.3, -0.25) is 15.5 Å². The summed E-state index contributed by atoms with van der Waals surface area (Å²) in [7, 11) is -1.96. The van der Waals surface area contributed by atoms with Crippen LogP contribution in [0.4, 0.5) is 10.5 Å². The molecule has 1 aromatic heterocycles. The molecular weight excluding hydrogens is 665 g/mol. The van der Waals surface area contributed by atoms with Crippen molar-refractivity contribution in [2.45, 2.75) is 25.3 Å². The van der Waals surface area contributed by atoms with E-state index in [1.807, 2.05) is 0 Å². The Hall–Kier alpha value is -3.36. The fourth-order valence-electron chi connectivity index (χ4n) is 5.93. The number of hydrogen-bond donors (Lipinski definition) is 4. The van der Waals surface area contributed by atoms with E-state index < -0.39 is 16.1 Å². The second-order valence-electron chi connectivity index (χ2n) is 10.9. The summed E-state index contributed by atoms with van der Waals surface area (Å²) >= 11 is 6.63. The van der Waals surface area contributed by atoms with Gasteiger partial charge in [0.15, 0.2) is 0 Å². The van der Waals surface area contributed by atoms with E-state index in [0.29, 0.717) is 59.5 Å². The van der Waals surface area contributed by atoms with Crippen LogP contribution in [-0.4, -0.2) is 78.4 Å². The molecule has 0 unspecified atom stereocenters. The molecule has 3 heterocycles. The van der Waals surface area contributed by atoms with Crippen molar-refractivity contribution in [3.8, 4) is 11.3 Å². The van der Waals surface area contributed by atoms with Crippen LogP contribution in [0.2, 0.25) is 5.15 Å². The van der Waals surface area contributed by atoms with Crippen LogP contribution in [0.1, 0.15) is 47.1 Å². The van der Waals surface area contributed by atoms with Gasteiger partial charge >= 0.3 is 6.09 Å². The molecule has 16 heteroatoms. The van der Waals surface area contributed by atoms with Gasteiger partial charge in [0.1, 0.15) is 22.5 Å². The standard InChI is InChI=1S/C29H34ClN7O5S.2ClH/c1-42-29(39)33-22-9-7-18(8-10-22)24-25(30)35-27(34-24)23-15-21(17-11-13-36(14-12-17)43(2,40)41)16-37(23)28(38)20-5-3-19(4-6-20)26(31)32;;/h3-10,17,21,23H,11-16H2,1-2H3,(H3,31,32)(H,33,39)(H,34,35);2*1H/t21-,23-;;/m0../s1. The number of aromatic nitrogens is 2. The SMILES string of the molecule is COC(=O)Nc1ccc(-c2nc([C@@H]3C[C@H](C4CCN(S(C)(=O)=O)CC4)CN3C(=O)c3ccc(C(=N)N)cc3)[nH]c2Cl)cc1.Cl.Cl. The highest BCUT2D eigenvalue weighted by atomic mass is 35.5. The third kappa shape index (κ3) is 8.08. The number of nitrogens with one attached hydrogen (secondary N) is 3. The number of imidazole rings is 1. The van der Waals surface area contributed by atoms with E-state index in [9.17, 15) is 18.0 Å². The van der Waals surface area contributed by atoms with Crippen LogP contribution in [0.5, 0.6) is 0 Å². The minimum atomic E-state index is -3.25. The van der Waals surface area contributed by atoms with Crippen LogP contribution in [0.25, 0.3) is 11.3 Å². The number of nitrogen functional groups attached to an aromatic ring is 1. The molecule has 2 aliphatic rings. The molecule has 0 spiro atoms. The number of rotatable bonds is 7. The van der Waals surface area contributed by atoms with Crippen molar-refractivity contribution in [2.75, 3.05) is 38.3 Å². The molecule has 2 aliphatic heterocycles. The van der Waals surface area contributed by atoms with Gasteiger partial charge < -0.3 is 20.4 Å². The molecule has 5 N–H and O–H groups in total. The van der Waals surface area contributed by atoms with E-state index in [2.05, 4.69) is 15.0 Å². The van der Waals surface area contributed by atoms with Crippen molar-refractivity contribution in [2.24, 2.45) is 17.6 Å². The largest absolute Gasteiger partial charge is 0.453 e. The third-order valence-electron chi connectivity index (χ3n) is 8.26. The number of nitrogens with zero attached hydrogens (tertiary/aromatic N) is 3. The lowest BCUT2D eigenvalue weighted by Gasteiger charge is -2.33. The Balaban J connectivity index is 0.00000276. The number of H-pyrrole nitrogens is 1. The quantitative estimate of drug-likeness (QED) is 0.200. The normalized spacial score (nSPS) is 18.9. The molecule has 244 valence electrons. The lowest BCUT2D eigenvalue weighted by Crippen LogP contribution is -2.40. The highest BCUT2D eigenvalue weighted by Gasteiger charge is 2.42. The summed E-state index contributed by atoms with van der Waals surface area (Å²) in [5, 5.41) is 10.6. The summed E-state index contributed by atoms with van der Waals surface area (Å²) in [5.41, 5.74) is 8.39. The number of ether oxygens (including phenoxy) is 1. The molecule has 12 nitrogen and oxygen atoms in total. The van der Waals surface area contributed by atoms with Gasteiger partial charge in [0.25, 0.3) is 5.91 Å². The molecular formula is C29H36Cl3N7O5S. The maximum absolute atomic E-state index is 13.9. The number of benzene rings is 2. The first-order valence-electron chi connectivity index (χ1n) is 13.9. The van der Waals surface area contributed by atoms with Crippen LogP contribution < -0.4 is 11.1 Å². The van der Waals surface area contributed by atoms with E-state index in [1.54, 1.807) is 53.4 Å². The Morgan fingerprint density at radius 2 is 1.64 bits per heavy atom. The van der Waals surface area contributed by atoms with E-state index in [-0.39, 0.29) is 54.4 Å². The number of likely N-dealkylation sites (tertiary alicyclic amines) is 1. The number of methoxy groups -OCH3 is 1. The summed E-state index contributed by atoms with van der Waals surface area (Å²) in [6, 6.07) is 13.2. The number of nitrogens with two attached hydrogens (primary N) is 1. The first-order chi connectivity index (χ1) is 20.4. The first kappa shape index (κ1) is 36.1. The second-order valence-corrected chi connectivity index (χ2v) is 13.3. The van der Waals surface area contributed by atoms with Gasteiger partial charge in [0, 0.05) is 42.0 Å². The molecule has 2 aromatic carbocycles. The fraction of sp³-hybridized carbons (Fsp3) is 0.379. The van der Waals surface area contributed by atoms with E-state index >= 15 is 0 Å². The molecule has 0 radical (unpaired) electrons. The number of aromatic amines is 1. The van der Waals surface area contributed by atoms with Crippen LogP contribution >= 0.6 is 36.4 Å². The number of hydrogen-bond acceptors (Lipinski definition) is 7. The number of halogens is 3. The zero-order valence-electron chi connectivity index (χ0n) is 24.7. The van der Waals surface area contributed by atoms with Gasteiger partial charge in [-0.25, -0.2) is 22.5 Å². The Morgan fingerprint density at radius 3 is 2.20 bits per heavy atom. The Kier molecular flexibility index (Phi) is 11.9. The first-order valence-corrected chi connectivity index (χ1v) is 16.1. The number of amidine groups is 1. The van der Waals surface area contributed by atoms with Gasteiger partial charge in [-0.05, 0) is 55.4 Å². The number of carbonyl (C=O) groups excluding carboxylic acids is 2. The molecule has 45 heavy (non-hydrogen) atoms. The van der Waals surface area contributed by atoms with Crippen molar-refractivity contribution < 1.29 is 22.7 Å². The van der Waals surface area contributed by atoms with Crippen molar-refractivity contribution in [3.63, 3.8) is 0 Å². The monoisotopic (exact) mass is 699 g/mol. The smallest absolute Gasteiger partial charge is 0.411 e. The van der Waals surface area contributed by atoms with Crippen molar-refractivity contribution in [1.29, 1.82) is 5.41 Å². The minimum Gasteiger partial charge on any atom is -0.453 e. The summed E-state index contributed by atoms with van der Waals surface area (Å²) in [4.78, 5) is 35.2. The van der Waals surface area contributed by atoms with Gasteiger partial charge in [-0.1, -0.05) is 35.9 Å². The Labute approximate surface area is 279 Å². The molecule has 0 bridgehead atoms. The topological polar surface area (TPSA) is 175 Å². The van der Waals surface area contributed by atoms with Gasteiger partial charge in [-0.15, -0.1) is 24.8 Å². The van der Waals surface area contributed by atoms with Crippen molar-refractivity contribution in [1.82, 2.24) is 19.2 Å². The number of anilines is 1. The van der Waals surface area contributed by atoms with E-state index in [1.165, 1.54) is 17.7 Å². The predicted molar refractivity (Wildman–Crippen MR) is 178 cm³/mol. The lowest BCUT2D eigenvalue weighted by atomic mass is 9.83. The highest BCUT2D eigenvalue weighted by molar-refractivity contribution is 7.88.